The quantitative estimate of drug-likeness (QED) is 0.525. The molecule has 4 nitrogen and oxygen atoms in total. The van der Waals surface area contributed by atoms with Gasteiger partial charge in [0.1, 0.15) is 17.8 Å². The lowest BCUT2D eigenvalue weighted by Crippen LogP contribution is -2.27. The summed E-state index contributed by atoms with van der Waals surface area (Å²) in [6, 6.07) is 0. The number of carbonyl (C=O) groups excluding carboxylic acids is 2. The average Bonchev–Trinajstić information content (AvgIpc) is 2.50. The normalized spacial score (nSPS) is 21.4. The largest absolute Gasteiger partial charge is 0.460 e. The third-order valence-electron chi connectivity index (χ3n) is 2.12. The van der Waals surface area contributed by atoms with Crippen LogP contribution in [0.4, 0.5) is 0 Å². The summed E-state index contributed by atoms with van der Waals surface area (Å²) in [6.45, 7) is 6.42. The number of carbonyl (C=O) groups is 2. The second-order valence-electron chi connectivity index (χ2n) is 4.79. The van der Waals surface area contributed by atoms with Crippen LogP contribution < -0.4 is 0 Å². The van der Waals surface area contributed by atoms with E-state index in [9.17, 15) is 9.59 Å². The van der Waals surface area contributed by atoms with Gasteiger partial charge in [-0.2, -0.15) is 0 Å². The first-order valence-corrected chi connectivity index (χ1v) is 5.21. The highest BCUT2D eigenvalue weighted by Gasteiger charge is 2.27. The lowest BCUT2D eigenvalue weighted by Gasteiger charge is -2.19. The first-order valence-electron chi connectivity index (χ1n) is 5.21. The molecule has 0 aromatic carbocycles. The van der Waals surface area contributed by atoms with E-state index in [0.29, 0.717) is 13.2 Å². The molecule has 0 aliphatic carbocycles. The van der Waals surface area contributed by atoms with Crippen molar-refractivity contribution >= 4 is 11.8 Å². The summed E-state index contributed by atoms with van der Waals surface area (Å²) < 4.78 is 10.2. The van der Waals surface area contributed by atoms with Crippen molar-refractivity contribution in [2.24, 2.45) is 5.92 Å². The van der Waals surface area contributed by atoms with Gasteiger partial charge in [0.15, 0.2) is 0 Å². The second kappa shape index (κ2) is 4.75. The molecule has 0 radical (unpaired) electrons. The molecule has 15 heavy (non-hydrogen) atoms. The first-order chi connectivity index (χ1) is 6.88. The van der Waals surface area contributed by atoms with Gasteiger partial charge in [0, 0.05) is 12.5 Å². The van der Waals surface area contributed by atoms with Gasteiger partial charge in [0.05, 0.1) is 6.61 Å². The predicted octanol–water partition coefficient (Wildman–Crippen LogP) is 1.32. The lowest BCUT2D eigenvalue weighted by molar-refractivity contribution is -0.156. The van der Waals surface area contributed by atoms with Gasteiger partial charge in [-0.05, 0) is 27.2 Å². The van der Waals surface area contributed by atoms with Crippen LogP contribution in [0.5, 0.6) is 0 Å². The molecule has 0 saturated carbocycles. The highest BCUT2D eigenvalue weighted by atomic mass is 16.6. The molecule has 0 aromatic heterocycles. The van der Waals surface area contributed by atoms with Gasteiger partial charge >= 0.3 is 5.97 Å². The van der Waals surface area contributed by atoms with Crippen LogP contribution in [-0.4, -0.2) is 30.6 Å². The molecule has 4 heteroatoms. The molecule has 0 aromatic rings. The highest BCUT2D eigenvalue weighted by Crippen LogP contribution is 2.16. The molecule has 0 N–H and O–H groups in total. The molecule has 0 amide bonds. The van der Waals surface area contributed by atoms with Gasteiger partial charge in [-0.25, -0.2) is 0 Å². The van der Waals surface area contributed by atoms with Gasteiger partial charge in [-0.1, -0.05) is 0 Å². The molecule has 1 atom stereocenters. The van der Waals surface area contributed by atoms with E-state index < -0.39 is 11.6 Å². The van der Waals surface area contributed by atoms with E-state index in [2.05, 4.69) is 0 Å². The maximum absolute atomic E-state index is 11.6. The Hall–Kier alpha value is -0.900. The van der Waals surface area contributed by atoms with Crippen molar-refractivity contribution in [3.05, 3.63) is 0 Å². The van der Waals surface area contributed by atoms with Crippen molar-refractivity contribution in [2.45, 2.75) is 39.2 Å². The third-order valence-corrected chi connectivity index (χ3v) is 2.12. The summed E-state index contributed by atoms with van der Waals surface area (Å²) in [6.07, 6.45) is 0.590. The number of Topliss-reactive ketones (excluding diaryl/α,β-unsaturated/α-hetero) is 1. The number of hydrogen-bond donors (Lipinski definition) is 0. The van der Waals surface area contributed by atoms with E-state index in [4.69, 9.17) is 9.47 Å². The Labute approximate surface area is 89.9 Å². The molecular formula is C11H18O4. The van der Waals surface area contributed by atoms with Crippen LogP contribution in [0.25, 0.3) is 0 Å². The first kappa shape index (κ1) is 12.2. The number of ketones is 1. The minimum Gasteiger partial charge on any atom is -0.460 e. The number of ether oxygens (including phenoxy) is 2. The zero-order valence-corrected chi connectivity index (χ0v) is 9.54. The molecule has 0 spiro atoms. The smallest absolute Gasteiger partial charge is 0.313 e. The Morgan fingerprint density at radius 1 is 1.40 bits per heavy atom. The Balaban J connectivity index is 2.34. The molecule has 1 aliphatic heterocycles. The van der Waals surface area contributed by atoms with E-state index in [1.165, 1.54) is 0 Å². The molecule has 0 unspecified atom stereocenters. The maximum Gasteiger partial charge on any atom is 0.313 e. The topological polar surface area (TPSA) is 52.6 Å². The van der Waals surface area contributed by atoms with Gasteiger partial charge in [0.2, 0.25) is 0 Å². The Kier molecular flexibility index (Phi) is 3.85. The van der Waals surface area contributed by atoms with Crippen LogP contribution in [0.2, 0.25) is 0 Å². The molecule has 1 heterocycles. The van der Waals surface area contributed by atoms with Gasteiger partial charge < -0.3 is 9.47 Å². The van der Waals surface area contributed by atoms with E-state index in [1.54, 1.807) is 20.8 Å². The van der Waals surface area contributed by atoms with E-state index in [-0.39, 0.29) is 18.1 Å². The summed E-state index contributed by atoms with van der Waals surface area (Å²) in [5, 5.41) is 0. The monoisotopic (exact) mass is 214 g/mol. The summed E-state index contributed by atoms with van der Waals surface area (Å²) in [5.41, 5.74) is -0.524. The van der Waals surface area contributed by atoms with Gasteiger partial charge in [-0.3, -0.25) is 9.59 Å². The molecular weight excluding hydrogens is 196 g/mol. The van der Waals surface area contributed by atoms with Crippen LogP contribution in [0.15, 0.2) is 0 Å². The van der Waals surface area contributed by atoms with Crippen LogP contribution >= 0.6 is 0 Å². The van der Waals surface area contributed by atoms with Crippen LogP contribution in [0.3, 0.4) is 0 Å². The Morgan fingerprint density at radius 3 is 2.53 bits per heavy atom. The van der Waals surface area contributed by atoms with Crippen molar-refractivity contribution in [3.63, 3.8) is 0 Å². The fourth-order valence-electron chi connectivity index (χ4n) is 1.45. The molecule has 1 saturated heterocycles. The average molecular weight is 214 g/mol. The van der Waals surface area contributed by atoms with Gasteiger partial charge in [0.25, 0.3) is 0 Å². The number of rotatable bonds is 3. The van der Waals surface area contributed by atoms with E-state index >= 15 is 0 Å². The second-order valence-corrected chi connectivity index (χ2v) is 4.79. The summed E-state index contributed by atoms with van der Waals surface area (Å²) >= 11 is 0. The van der Waals surface area contributed by atoms with Crippen molar-refractivity contribution in [2.75, 3.05) is 13.2 Å². The number of hydrogen-bond acceptors (Lipinski definition) is 4. The standard InChI is InChI=1S/C11H18O4/c1-11(2,3)15-10(13)6-9(12)8-4-5-14-7-8/h8H,4-7H2,1-3H3/t8-/m1/s1. The van der Waals surface area contributed by atoms with Crippen LogP contribution in [0, 0.1) is 5.92 Å². The number of esters is 1. The molecule has 0 bridgehead atoms. The highest BCUT2D eigenvalue weighted by molar-refractivity contribution is 5.97. The third kappa shape index (κ3) is 4.42. The zero-order valence-electron chi connectivity index (χ0n) is 9.54. The van der Waals surface area contributed by atoms with E-state index in [0.717, 1.165) is 6.42 Å². The van der Waals surface area contributed by atoms with Crippen molar-refractivity contribution in [1.29, 1.82) is 0 Å². The van der Waals surface area contributed by atoms with Crippen LogP contribution in [0.1, 0.15) is 33.6 Å². The SMILES string of the molecule is CC(C)(C)OC(=O)CC(=O)[C@@H]1CCOC1. The molecule has 86 valence electrons. The summed E-state index contributed by atoms with van der Waals surface area (Å²) in [5.74, 6) is -0.626. The zero-order chi connectivity index (χ0) is 11.5. The fraction of sp³-hybridized carbons (Fsp3) is 0.818. The Bertz CT molecular complexity index is 246. The fourth-order valence-corrected chi connectivity index (χ4v) is 1.45. The molecule has 1 aliphatic rings. The summed E-state index contributed by atoms with van der Waals surface area (Å²) in [4.78, 5) is 22.9. The molecule has 1 rings (SSSR count). The predicted molar refractivity (Wildman–Crippen MR) is 54.4 cm³/mol. The minimum absolute atomic E-state index is 0.0678. The Morgan fingerprint density at radius 2 is 2.07 bits per heavy atom. The van der Waals surface area contributed by atoms with Crippen molar-refractivity contribution in [1.82, 2.24) is 0 Å². The van der Waals surface area contributed by atoms with Crippen molar-refractivity contribution in [3.8, 4) is 0 Å². The molecule has 1 fully saturated rings. The van der Waals surface area contributed by atoms with Gasteiger partial charge in [-0.15, -0.1) is 0 Å². The van der Waals surface area contributed by atoms with Crippen molar-refractivity contribution < 1.29 is 19.1 Å². The summed E-state index contributed by atoms with van der Waals surface area (Å²) in [7, 11) is 0. The van der Waals surface area contributed by atoms with E-state index in [1.807, 2.05) is 0 Å². The minimum atomic E-state index is -0.524. The lowest BCUT2D eigenvalue weighted by atomic mass is 10.0. The van der Waals surface area contributed by atoms with Crippen LogP contribution in [-0.2, 0) is 19.1 Å². The maximum atomic E-state index is 11.6.